The Morgan fingerprint density at radius 3 is 2.60 bits per heavy atom. The van der Waals surface area contributed by atoms with Crippen LogP contribution in [0.4, 0.5) is 0 Å². The van der Waals surface area contributed by atoms with Crippen molar-refractivity contribution in [2.24, 2.45) is 28.7 Å². The molecule has 0 aromatic carbocycles. The van der Waals surface area contributed by atoms with E-state index in [1.54, 1.807) is 23.4 Å². The van der Waals surface area contributed by atoms with Gasteiger partial charge in [-0.2, -0.15) is 0 Å². The minimum Gasteiger partial charge on any atom is -0.503 e. The van der Waals surface area contributed by atoms with Gasteiger partial charge in [-0.3, -0.25) is 24.1 Å². The Bertz CT molecular complexity index is 2060. The number of aliphatic carboxylic acids is 2. The number of aromatic nitrogens is 1. The van der Waals surface area contributed by atoms with E-state index >= 15 is 0 Å². The summed E-state index contributed by atoms with van der Waals surface area (Å²) in [5.41, 5.74) is 10.3. The third-order valence-corrected chi connectivity index (χ3v) is 10.8. The predicted octanol–water partition coefficient (Wildman–Crippen LogP) is 0.0936. The number of thioether (sulfide) groups is 2. The number of carboxylic acids is 2. The van der Waals surface area contributed by atoms with E-state index in [0.717, 1.165) is 41.8 Å². The fraction of sp³-hybridized carbons (Fsp3) is 0.429. The number of carbonyl (C=O) groups is 5. The van der Waals surface area contributed by atoms with Gasteiger partial charge in [-0.25, -0.2) is 14.6 Å². The number of unbranched alkanes of at least 4 members (excludes halogenated alkanes) is 1. The molecular formula is C35H46N10O10S2. The number of allylic oxidation sites excluding steroid dienone is 1. The standard InChI is InChI=1S/C35H46N10O10S2/c1-6-7-8-24(36)56-15-18(2)25(42-55-35(3,4)34(53)54)30(49)41-26-31(50)45-27(33(51)52)19(16-57-32(26)45)12-44-13-20(28(37)40-17-44)38-9-10-39-29(48)21-11-22(46)23(47)14-43(21)5/h8,11,13-15,26,32,38,47H,6-7,9-10,12,16-17,36H2,1-5H3,(H2,37,40)(H,39,48)(H,41,49)(H,51,52)(H,53,54)/b18-15+,24-8+,42-25-/t26-,32?/m1/s1. The maximum absolute atomic E-state index is 13.6. The molecular weight excluding hydrogens is 785 g/mol. The molecule has 22 heteroatoms. The fourth-order valence-electron chi connectivity index (χ4n) is 5.38. The van der Waals surface area contributed by atoms with Crippen molar-refractivity contribution in [2.75, 3.05) is 32.1 Å². The van der Waals surface area contributed by atoms with Gasteiger partial charge in [0.05, 0.1) is 16.9 Å². The van der Waals surface area contributed by atoms with Crippen molar-refractivity contribution >= 4 is 64.7 Å². The normalized spacial score (nSPS) is 18.9. The minimum atomic E-state index is -1.79. The maximum Gasteiger partial charge on any atom is 0.352 e. The second-order valence-corrected chi connectivity index (χ2v) is 15.5. The summed E-state index contributed by atoms with van der Waals surface area (Å²) in [6.45, 7) is 6.54. The molecule has 3 aliphatic rings. The van der Waals surface area contributed by atoms with Crippen LogP contribution in [-0.4, -0.2) is 120 Å². The lowest BCUT2D eigenvalue weighted by Crippen LogP contribution is -2.71. The number of aliphatic imine (C=N–C) groups is 1. The average Bonchev–Trinajstić information content (AvgIpc) is 3.15. The quantitative estimate of drug-likeness (QED) is 0.0421. The number of rotatable bonds is 18. The first-order valence-corrected chi connectivity index (χ1v) is 19.5. The van der Waals surface area contributed by atoms with Gasteiger partial charge in [0, 0.05) is 44.7 Å². The number of carbonyl (C=O) groups excluding carboxylic acids is 3. The summed E-state index contributed by atoms with van der Waals surface area (Å²) in [5, 5.41) is 42.8. The van der Waals surface area contributed by atoms with Gasteiger partial charge in [0.15, 0.2) is 11.5 Å². The highest BCUT2D eigenvalue weighted by Crippen LogP contribution is 2.40. The van der Waals surface area contributed by atoms with Crippen molar-refractivity contribution in [1.82, 2.24) is 30.3 Å². The topological polar surface area (TPSA) is 297 Å². The van der Waals surface area contributed by atoms with Gasteiger partial charge in [-0.1, -0.05) is 36.3 Å². The molecule has 3 amide bonds. The molecule has 4 heterocycles. The van der Waals surface area contributed by atoms with Crippen molar-refractivity contribution in [3.05, 3.63) is 73.4 Å². The zero-order valence-corrected chi connectivity index (χ0v) is 33.5. The molecule has 0 bridgehead atoms. The summed E-state index contributed by atoms with van der Waals surface area (Å²) in [4.78, 5) is 88.0. The molecule has 1 aromatic rings. The number of amidine groups is 1. The number of hydrogen-bond acceptors (Lipinski definition) is 16. The first-order chi connectivity index (χ1) is 26.9. The number of nitrogens with one attached hydrogen (secondary N) is 3. The fourth-order valence-corrected chi connectivity index (χ4v) is 7.35. The average molecular weight is 831 g/mol. The maximum atomic E-state index is 13.6. The number of carboxylic acid groups (broad SMARTS) is 2. The lowest BCUT2D eigenvalue weighted by Gasteiger charge is -2.49. The van der Waals surface area contributed by atoms with E-state index in [9.17, 15) is 44.1 Å². The molecule has 0 aliphatic carbocycles. The Hall–Kier alpha value is -5.90. The summed E-state index contributed by atoms with van der Waals surface area (Å²) in [7, 11) is 1.51. The van der Waals surface area contributed by atoms with E-state index in [2.05, 4.69) is 26.1 Å². The second kappa shape index (κ2) is 18.8. The van der Waals surface area contributed by atoms with Crippen molar-refractivity contribution < 1.29 is 44.1 Å². The first-order valence-electron chi connectivity index (χ1n) is 17.5. The largest absolute Gasteiger partial charge is 0.503 e. The van der Waals surface area contributed by atoms with Crippen LogP contribution >= 0.6 is 23.5 Å². The van der Waals surface area contributed by atoms with Crippen LogP contribution in [0.25, 0.3) is 0 Å². The van der Waals surface area contributed by atoms with Gasteiger partial charge in [-0.15, -0.1) is 11.8 Å². The van der Waals surface area contributed by atoms with Crippen molar-refractivity contribution in [3.63, 3.8) is 0 Å². The number of nitrogens with two attached hydrogens (primary N) is 2. The van der Waals surface area contributed by atoms with Crippen LogP contribution in [-0.2, 0) is 31.1 Å². The number of nitrogens with zero attached hydrogens (tertiary/aromatic N) is 5. The number of β-lactam (4-membered cyclic amide) rings is 1. The van der Waals surface area contributed by atoms with Crippen LogP contribution < -0.4 is 32.8 Å². The molecule has 1 fully saturated rings. The third-order valence-electron chi connectivity index (χ3n) is 8.59. The molecule has 308 valence electrons. The minimum absolute atomic E-state index is 0.0514. The number of fused-ring (bicyclic) bond motifs is 1. The number of hydrogen-bond donors (Lipinski definition) is 8. The highest BCUT2D eigenvalue weighted by Gasteiger charge is 2.54. The monoisotopic (exact) mass is 830 g/mol. The van der Waals surface area contributed by atoms with Crippen LogP contribution in [0.5, 0.6) is 5.75 Å². The molecule has 3 aliphatic heterocycles. The smallest absolute Gasteiger partial charge is 0.352 e. The highest BCUT2D eigenvalue weighted by molar-refractivity contribution is 8.05. The molecule has 0 spiro atoms. The molecule has 10 N–H and O–H groups in total. The molecule has 1 saturated heterocycles. The summed E-state index contributed by atoms with van der Waals surface area (Å²) in [6.07, 6.45) is 6.22. The number of pyridine rings is 1. The zero-order valence-electron chi connectivity index (χ0n) is 31.9. The molecule has 2 atom stereocenters. The molecule has 1 aromatic heterocycles. The number of amides is 3. The van der Waals surface area contributed by atoms with Gasteiger partial charge in [-0.05, 0) is 43.7 Å². The Morgan fingerprint density at radius 2 is 1.93 bits per heavy atom. The summed E-state index contributed by atoms with van der Waals surface area (Å²) < 4.78 is 1.32. The zero-order chi connectivity index (χ0) is 42.2. The van der Waals surface area contributed by atoms with E-state index < -0.39 is 57.9 Å². The summed E-state index contributed by atoms with van der Waals surface area (Å²) >= 11 is 2.38. The van der Waals surface area contributed by atoms with E-state index in [4.69, 9.17) is 16.3 Å². The van der Waals surface area contributed by atoms with Crippen LogP contribution in [0.2, 0.25) is 0 Å². The Kier molecular flexibility index (Phi) is 14.5. The van der Waals surface area contributed by atoms with Crippen LogP contribution in [0.15, 0.2) is 72.5 Å². The lowest BCUT2D eigenvalue weighted by molar-refractivity contribution is -0.161. The van der Waals surface area contributed by atoms with Crippen LogP contribution in [0.1, 0.15) is 51.0 Å². The van der Waals surface area contributed by atoms with E-state index in [1.165, 1.54) is 37.2 Å². The van der Waals surface area contributed by atoms with Crippen LogP contribution in [0, 0.1) is 0 Å². The molecule has 4 rings (SSSR count). The molecule has 57 heavy (non-hydrogen) atoms. The van der Waals surface area contributed by atoms with Gasteiger partial charge < -0.3 is 57.0 Å². The Labute approximate surface area is 335 Å². The number of aromatic hydroxyl groups is 1. The number of aryl methyl sites for hydroxylation is 1. The molecule has 0 radical (unpaired) electrons. The van der Waals surface area contributed by atoms with Gasteiger partial charge in [0.1, 0.15) is 35.3 Å². The van der Waals surface area contributed by atoms with E-state index in [-0.39, 0.29) is 60.6 Å². The van der Waals surface area contributed by atoms with Gasteiger partial charge >= 0.3 is 11.9 Å². The number of oxime groups is 1. The van der Waals surface area contributed by atoms with Gasteiger partial charge in [0.25, 0.3) is 17.7 Å². The van der Waals surface area contributed by atoms with Gasteiger partial charge in [0.2, 0.25) is 11.0 Å². The summed E-state index contributed by atoms with van der Waals surface area (Å²) in [5.74, 6) is -4.82. The highest BCUT2D eigenvalue weighted by atomic mass is 32.2. The third kappa shape index (κ3) is 10.7. The predicted molar refractivity (Wildman–Crippen MR) is 213 cm³/mol. The lowest BCUT2D eigenvalue weighted by atomic mass is 10.0. The van der Waals surface area contributed by atoms with Crippen molar-refractivity contribution in [2.45, 2.75) is 57.6 Å². The Morgan fingerprint density at radius 1 is 1.21 bits per heavy atom. The van der Waals surface area contributed by atoms with E-state index in [0.29, 0.717) is 16.3 Å². The Balaban J connectivity index is 1.44. The SMILES string of the molecule is CCC/C=C(\N)S/C=C(C)/C(=N/OC(C)(C)C(=O)O)C(=O)N[C@@H]1C(=O)N2C(C(=O)O)=C(CN3C=C(NCCNC(=O)c4cc(=O)c(O)cn4C)C(N)=NC3)CSC12. The second-order valence-electron chi connectivity index (χ2n) is 13.5. The molecule has 1 unspecified atom stereocenters. The molecule has 0 saturated carbocycles. The first kappa shape index (κ1) is 43.8. The van der Waals surface area contributed by atoms with Crippen LogP contribution in [0.3, 0.4) is 0 Å². The van der Waals surface area contributed by atoms with Crippen molar-refractivity contribution in [1.29, 1.82) is 0 Å². The summed E-state index contributed by atoms with van der Waals surface area (Å²) in [6, 6.07) is -0.0976. The van der Waals surface area contributed by atoms with E-state index in [1.807, 2.05) is 13.0 Å². The molecule has 20 nitrogen and oxygen atoms in total. The van der Waals surface area contributed by atoms with Crippen molar-refractivity contribution in [3.8, 4) is 5.75 Å².